The molecule has 0 aliphatic heterocycles. The second kappa shape index (κ2) is 7.68. The van der Waals surface area contributed by atoms with Crippen LogP contribution >= 0.6 is 11.8 Å². The number of amides is 3. The monoisotopic (exact) mass is 282 g/mol. The van der Waals surface area contributed by atoms with Crippen LogP contribution in [-0.2, 0) is 4.79 Å². The second-order valence-electron chi connectivity index (χ2n) is 4.41. The molecule has 0 aliphatic carbocycles. The fourth-order valence-electron chi connectivity index (χ4n) is 1.23. The number of urea groups is 1. The highest BCUT2D eigenvalue weighted by molar-refractivity contribution is 8.00. The van der Waals surface area contributed by atoms with Crippen molar-refractivity contribution in [3.05, 3.63) is 24.3 Å². The molecule has 1 rings (SSSR count). The van der Waals surface area contributed by atoms with Gasteiger partial charge in [0.15, 0.2) is 0 Å². The molecule has 5 nitrogen and oxygen atoms in total. The largest absolute Gasteiger partial charge is 0.507 e. The fraction of sp³-hybridized carbons (Fsp3) is 0.385. The number of hydrogen-bond donors (Lipinski definition) is 3. The lowest BCUT2D eigenvalue weighted by Gasteiger charge is -2.08. The topological polar surface area (TPSA) is 78.4 Å². The Balaban J connectivity index is 2.32. The standard InChI is InChI=1S/C13H18N2O3S/c1-9(2)7-14-13(18)15-12(17)8-19-11-6-4-3-5-10(11)16/h3-6,9,16H,7-8H2,1-2H3,(H2,14,15,17,18). The van der Waals surface area contributed by atoms with Crippen LogP contribution in [0.1, 0.15) is 13.8 Å². The molecule has 3 amide bonds. The first-order chi connectivity index (χ1) is 8.99. The summed E-state index contributed by atoms with van der Waals surface area (Å²) in [5, 5.41) is 14.3. The van der Waals surface area contributed by atoms with E-state index in [2.05, 4.69) is 10.6 Å². The Morgan fingerprint density at radius 2 is 2.00 bits per heavy atom. The molecule has 3 N–H and O–H groups in total. The molecule has 6 heteroatoms. The summed E-state index contributed by atoms with van der Waals surface area (Å²) >= 11 is 1.18. The van der Waals surface area contributed by atoms with Gasteiger partial charge in [-0.05, 0) is 18.1 Å². The predicted molar refractivity (Wildman–Crippen MR) is 75.2 cm³/mol. The molecule has 0 aliphatic rings. The van der Waals surface area contributed by atoms with Crippen molar-refractivity contribution in [2.24, 2.45) is 5.92 Å². The summed E-state index contributed by atoms with van der Waals surface area (Å²) in [6.45, 7) is 4.46. The van der Waals surface area contributed by atoms with Crippen LogP contribution in [0.2, 0.25) is 0 Å². The maximum Gasteiger partial charge on any atom is 0.321 e. The van der Waals surface area contributed by atoms with Crippen LogP contribution in [0.5, 0.6) is 5.75 Å². The summed E-state index contributed by atoms with van der Waals surface area (Å²) in [4.78, 5) is 23.5. The number of para-hydroxylation sites is 1. The molecule has 0 fully saturated rings. The van der Waals surface area contributed by atoms with Crippen LogP contribution in [0, 0.1) is 5.92 Å². The number of imide groups is 1. The molecule has 0 spiro atoms. The lowest BCUT2D eigenvalue weighted by molar-refractivity contribution is -0.117. The Bertz CT molecular complexity index is 449. The van der Waals surface area contributed by atoms with Gasteiger partial charge in [-0.3, -0.25) is 10.1 Å². The van der Waals surface area contributed by atoms with Crippen LogP contribution in [-0.4, -0.2) is 29.3 Å². The van der Waals surface area contributed by atoms with Crippen LogP contribution < -0.4 is 10.6 Å². The minimum absolute atomic E-state index is 0.0761. The average molecular weight is 282 g/mol. The molecule has 0 heterocycles. The summed E-state index contributed by atoms with van der Waals surface area (Å²) in [6, 6.07) is 6.26. The van der Waals surface area contributed by atoms with E-state index in [0.717, 1.165) is 0 Å². The lowest BCUT2D eigenvalue weighted by Crippen LogP contribution is -2.41. The zero-order valence-corrected chi connectivity index (χ0v) is 11.8. The summed E-state index contributed by atoms with van der Waals surface area (Å²) in [7, 11) is 0. The number of phenolic OH excluding ortho intramolecular Hbond substituents is 1. The van der Waals surface area contributed by atoms with Gasteiger partial charge in [0.2, 0.25) is 5.91 Å². The number of benzene rings is 1. The molecule has 1 aromatic rings. The van der Waals surface area contributed by atoms with Crippen molar-refractivity contribution in [1.29, 1.82) is 0 Å². The van der Waals surface area contributed by atoms with Gasteiger partial charge in [0.25, 0.3) is 0 Å². The van der Waals surface area contributed by atoms with E-state index in [1.807, 2.05) is 13.8 Å². The number of hydrogen-bond acceptors (Lipinski definition) is 4. The maximum absolute atomic E-state index is 11.5. The minimum Gasteiger partial charge on any atom is -0.507 e. The SMILES string of the molecule is CC(C)CNC(=O)NC(=O)CSc1ccccc1O. The van der Waals surface area contributed by atoms with Crippen molar-refractivity contribution < 1.29 is 14.7 Å². The van der Waals surface area contributed by atoms with Crippen molar-refractivity contribution in [2.45, 2.75) is 18.7 Å². The number of carbonyl (C=O) groups is 2. The summed E-state index contributed by atoms with van der Waals surface area (Å²) < 4.78 is 0. The van der Waals surface area contributed by atoms with E-state index in [1.54, 1.807) is 24.3 Å². The van der Waals surface area contributed by atoms with Gasteiger partial charge in [-0.25, -0.2) is 4.79 Å². The van der Waals surface area contributed by atoms with Crippen LogP contribution in [0.3, 0.4) is 0 Å². The van der Waals surface area contributed by atoms with Gasteiger partial charge in [-0.1, -0.05) is 26.0 Å². The highest BCUT2D eigenvalue weighted by atomic mass is 32.2. The van der Waals surface area contributed by atoms with Crippen molar-refractivity contribution in [1.82, 2.24) is 10.6 Å². The molecule has 0 saturated heterocycles. The summed E-state index contributed by atoms with van der Waals surface area (Å²) in [5.74, 6) is 0.141. The number of phenols is 1. The Morgan fingerprint density at radius 3 is 2.63 bits per heavy atom. The van der Waals surface area contributed by atoms with Gasteiger partial charge in [0.05, 0.1) is 5.75 Å². The first-order valence-electron chi connectivity index (χ1n) is 5.97. The molecule has 104 valence electrons. The Labute approximate surface area is 116 Å². The minimum atomic E-state index is -0.489. The van der Waals surface area contributed by atoms with E-state index >= 15 is 0 Å². The Morgan fingerprint density at radius 1 is 1.32 bits per heavy atom. The third-order valence-electron chi connectivity index (χ3n) is 2.15. The number of carbonyl (C=O) groups excluding carboxylic acids is 2. The normalized spacial score (nSPS) is 10.3. The molecule has 19 heavy (non-hydrogen) atoms. The van der Waals surface area contributed by atoms with Gasteiger partial charge in [-0.15, -0.1) is 11.8 Å². The van der Waals surface area contributed by atoms with Gasteiger partial charge in [0, 0.05) is 11.4 Å². The lowest BCUT2D eigenvalue weighted by atomic mass is 10.2. The predicted octanol–water partition coefficient (Wildman–Crippen LogP) is 1.97. The van der Waals surface area contributed by atoms with Gasteiger partial charge >= 0.3 is 6.03 Å². The Kier molecular flexibility index (Phi) is 6.21. The van der Waals surface area contributed by atoms with Crippen molar-refractivity contribution in [2.75, 3.05) is 12.3 Å². The molecule has 0 aromatic heterocycles. The van der Waals surface area contributed by atoms with Gasteiger partial charge in [-0.2, -0.15) is 0 Å². The van der Waals surface area contributed by atoms with Crippen LogP contribution in [0.15, 0.2) is 29.2 Å². The highest BCUT2D eigenvalue weighted by Gasteiger charge is 2.09. The fourth-order valence-corrected chi connectivity index (χ4v) is 1.98. The van der Waals surface area contributed by atoms with Crippen molar-refractivity contribution in [3.8, 4) is 5.75 Å². The maximum atomic E-state index is 11.5. The number of nitrogens with one attached hydrogen (secondary N) is 2. The first kappa shape index (κ1) is 15.4. The molecular weight excluding hydrogens is 264 g/mol. The second-order valence-corrected chi connectivity index (χ2v) is 5.43. The molecule has 0 bridgehead atoms. The first-order valence-corrected chi connectivity index (χ1v) is 6.96. The highest BCUT2D eigenvalue weighted by Crippen LogP contribution is 2.27. The van der Waals surface area contributed by atoms with Crippen molar-refractivity contribution in [3.63, 3.8) is 0 Å². The number of rotatable bonds is 5. The van der Waals surface area contributed by atoms with E-state index in [9.17, 15) is 14.7 Å². The zero-order chi connectivity index (χ0) is 14.3. The average Bonchev–Trinajstić information content (AvgIpc) is 2.35. The van der Waals surface area contributed by atoms with Gasteiger partial charge in [0.1, 0.15) is 5.75 Å². The number of thioether (sulfide) groups is 1. The molecule has 0 atom stereocenters. The molecule has 0 unspecified atom stereocenters. The van der Waals surface area contributed by atoms with E-state index in [4.69, 9.17) is 0 Å². The molecule has 1 aromatic carbocycles. The number of aromatic hydroxyl groups is 1. The van der Waals surface area contributed by atoms with E-state index in [0.29, 0.717) is 17.4 Å². The van der Waals surface area contributed by atoms with Crippen LogP contribution in [0.25, 0.3) is 0 Å². The smallest absolute Gasteiger partial charge is 0.321 e. The Hall–Kier alpha value is -1.69. The van der Waals surface area contributed by atoms with Crippen LogP contribution in [0.4, 0.5) is 4.79 Å². The zero-order valence-electron chi connectivity index (χ0n) is 11.0. The molecular formula is C13H18N2O3S. The van der Waals surface area contributed by atoms with Crippen molar-refractivity contribution >= 4 is 23.7 Å². The van der Waals surface area contributed by atoms with E-state index in [1.165, 1.54) is 11.8 Å². The quantitative estimate of drug-likeness (QED) is 0.721. The summed E-state index contributed by atoms with van der Waals surface area (Å²) in [6.07, 6.45) is 0. The van der Waals surface area contributed by atoms with Gasteiger partial charge < -0.3 is 10.4 Å². The van der Waals surface area contributed by atoms with E-state index in [-0.39, 0.29) is 11.5 Å². The molecule has 0 saturated carbocycles. The summed E-state index contributed by atoms with van der Waals surface area (Å²) in [5.41, 5.74) is 0. The third kappa shape index (κ3) is 6.15. The molecule has 0 radical (unpaired) electrons. The third-order valence-corrected chi connectivity index (χ3v) is 3.21. The van der Waals surface area contributed by atoms with E-state index < -0.39 is 11.9 Å².